The summed E-state index contributed by atoms with van der Waals surface area (Å²) in [5.41, 5.74) is 7.34. The van der Waals surface area contributed by atoms with Crippen LogP contribution in [0.25, 0.3) is 0 Å². The van der Waals surface area contributed by atoms with Gasteiger partial charge in [-0.05, 0) is 24.8 Å². The lowest BCUT2D eigenvalue weighted by Gasteiger charge is -2.30. The number of hydrogen-bond acceptors (Lipinski definition) is 4. The van der Waals surface area contributed by atoms with Gasteiger partial charge in [0, 0.05) is 12.3 Å². The molecule has 0 saturated heterocycles. The van der Waals surface area contributed by atoms with Gasteiger partial charge in [0.25, 0.3) is 0 Å². The molecular formula is C16H22N2O2. The molecule has 0 saturated carbocycles. The fourth-order valence-corrected chi connectivity index (χ4v) is 3.04. The van der Waals surface area contributed by atoms with E-state index in [0.717, 1.165) is 37.7 Å². The molecule has 0 aromatic rings. The number of carbonyl (C=O) groups excluding carboxylic acids is 1. The standard InChI is InChI=1S/C16H22N2O2/c1-2-3-4-5-7-11-12-8-6-9-14(19)15(12)20-16(18)13(11)10-17/h11H,2-9,18H2,1H3. The van der Waals surface area contributed by atoms with Crippen molar-refractivity contribution in [3.05, 3.63) is 22.8 Å². The summed E-state index contributed by atoms with van der Waals surface area (Å²) in [5, 5.41) is 9.32. The van der Waals surface area contributed by atoms with Gasteiger partial charge in [-0.1, -0.05) is 32.6 Å². The second-order valence-electron chi connectivity index (χ2n) is 5.52. The van der Waals surface area contributed by atoms with Crippen LogP contribution in [0.15, 0.2) is 22.8 Å². The van der Waals surface area contributed by atoms with Gasteiger partial charge >= 0.3 is 0 Å². The summed E-state index contributed by atoms with van der Waals surface area (Å²) in [4.78, 5) is 11.9. The lowest BCUT2D eigenvalue weighted by atomic mass is 9.79. The minimum absolute atomic E-state index is 0.00939. The molecule has 0 aromatic carbocycles. The molecule has 20 heavy (non-hydrogen) atoms. The van der Waals surface area contributed by atoms with Crippen molar-refractivity contribution in [2.75, 3.05) is 0 Å². The highest BCUT2D eigenvalue weighted by Gasteiger charge is 2.35. The highest BCUT2D eigenvalue weighted by atomic mass is 16.5. The molecule has 2 N–H and O–H groups in total. The molecule has 2 aliphatic rings. The van der Waals surface area contributed by atoms with Gasteiger partial charge in [-0.25, -0.2) is 0 Å². The third kappa shape index (κ3) is 2.87. The molecule has 0 fully saturated rings. The second kappa shape index (κ2) is 6.60. The minimum Gasteiger partial charge on any atom is -0.437 e. The number of nitriles is 1. The molecule has 4 nitrogen and oxygen atoms in total. The van der Waals surface area contributed by atoms with Crippen LogP contribution in [-0.4, -0.2) is 5.78 Å². The first-order valence-electron chi connectivity index (χ1n) is 7.52. The molecule has 1 heterocycles. The van der Waals surface area contributed by atoms with Crippen LogP contribution in [0, 0.1) is 17.2 Å². The maximum Gasteiger partial charge on any atom is 0.205 e. The Morgan fingerprint density at radius 3 is 2.85 bits per heavy atom. The number of ether oxygens (including phenoxy) is 1. The molecule has 0 bridgehead atoms. The van der Waals surface area contributed by atoms with Gasteiger partial charge in [0.1, 0.15) is 6.07 Å². The summed E-state index contributed by atoms with van der Waals surface area (Å²) in [6.45, 7) is 2.17. The van der Waals surface area contributed by atoms with E-state index in [2.05, 4.69) is 13.0 Å². The van der Waals surface area contributed by atoms with E-state index in [-0.39, 0.29) is 17.6 Å². The van der Waals surface area contributed by atoms with Gasteiger partial charge in [-0.2, -0.15) is 5.26 Å². The molecule has 1 atom stereocenters. The Morgan fingerprint density at radius 2 is 2.15 bits per heavy atom. The molecule has 4 heteroatoms. The minimum atomic E-state index is -0.00939. The van der Waals surface area contributed by atoms with Gasteiger partial charge in [0.05, 0.1) is 5.57 Å². The van der Waals surface area contributed by atoms with E-state index in [1.54, 1.807) is 0 Å². The SMILES string of the molecule is CCCCCCC1C(C#N)=C(N)OC2=C1CCCC2=O. The van der Waals surface area contributed by atoms with Crippen molar-refractivity contribution in [3.63, 3.8) is 0 Å². The summed E-state index contributed by atoms with van der Waals surface area (Å²) < 4.78 is 5.43. The van der Waals surface area contributed by atoms with Crippen molar-refractivity contribution in [3.8, 4) is 6.07 Å². The summed E-state index contributed by atoms with van der Waals surface area (Å²) in [6, 6.07) is 2.18. The number of unbranched alkanes of at least 4 members (excludes halogenated alkanes) is 3. The van der Waals surface area contributed by atoms with Crippen LogP contribution in [0.1, 0.15) is 58.3 Å². The fraction of sp³-hybridized carbons (Fsp3) is 0.625. The van der Waals surface area contributed by atoms with Gasteiger partial charge in [0.15, 0.2) is 11.5 Å². The van der Waals surface area contributed by atoms with E-state index in [0.29, 0.717) is 17.8 Å². The van der Waals surface area contributed by atoms with E-state index in [1.165, 1.54) is 12.8 Å². The average molecular weight is 274 g/mol. The molecule has 108 valence electrons. The van der Waals surface area contributed by atoms with Crippen LogP contribution in [0.4, 0.5) is 0 Å². The van der Waals surface area contributed by atoms with Crippen molar-refractivity contribution >= 4 is 5.78 Å². The number of nitrogens with two attached hydrogens (primary N) is 1. The van der Waals surface area contributed by atoms with Crippen LogP contribution >= 0.6 is 0 Å². The predicted octanol–water partition coefficient (Wildman–Crippen LogP) is 3.30. The fourth-order valence-electron chi connectivity index (χ4n) is 3.04. The zero-order valence-electron chi connectivity index (χ0n) is 12.1. The number of Topliss-reactive ketones (excluding diaryl/α,β-unsaturated/α-hetero) is 1. The number of allylic oxidation sites excluding steroid dienone is 3. The predicted molar refractivity (Wildman–Crippen MR) is 76.0 cm³/mol. The van der Waals surface area contributed by atoms with E-state index in [9.17, 15) is 10.1 Å². The van der Waals surface area contributed by atoms with Crippen LogP contribution in [0.5, 0.6) is 0 Å². The summed E-state index contributed by atoms with van der Waals surface area (Å²) in [5.74, 6) is 0.574. The van der Waals surface area contributed by atoms with Crippen molar-refractivity contribution in [2.45, 2.75) is 58.3 Å². The summed E-state index contributed by atoms with van der Waals surface area (Å²) >= 11 is 0. The molecule has 0 amide bonds. The van der Waals surface area contributed by atoms with Gasteiger partial charge in [-0.15, -0.1) is 0 Å². The smallest absolute Gasteiger partial charge is 0.205 e. The average Bonchev–Trinajstić information content (AvgIpc) is 2.44. The largest absolute Gasteiger partial charge is 0.437 e. The number of nitrogens with zero attached hydrogens (tertiary/aromatic N) is 1. The maximum atomic E-state index is 11.9. The molecule has 0 spiro atoms. The lowest BCUT2D eigenvalue weighted by Crippen LogP contribution is -2.27. The molecule has 0 radical (unpaired) electrons. The Labute approximate surface area is 120 Å². The van der Waals surface area contributed by atoms with Crippen LogP contribution in [0.2, 0.25) is 0 Å². The first-order chi connectivity index (χ1) is 9.69. The number of hydrogen-bond donors (Lipinski definition) is 1. The van der Waals surface area contributed by atoms with Crippen molar-refractivity contribution < 1.29 is 9.53 Å². The molecular weight excluding hydrogens is 252 g/mol. The Kier molecular flexibility index (Phi) is 4.84. The summed E-state index contributed by atoms with van der Waals surface area (Å²) in [7, 11) is 0. The van der Waals surface area contributed by atoms with Crippen molar-refractivity contribution in [1.82, 2.24) is 0 Å². The van der Waals surface area contributed by atoms with Crippen LogP contribution < -0.4 is 5.73 Å². The van der Waals surface area contributed by atoms with E-state index in [4.69, 9.17) is 10.5 Å². The Bertz CT molecular complexity index is 497. The van der Waals surface area contributed by atoms with Gasteiger partial charge in [-0.3, -0.25) is 4.79 Å². The Morgan fingerprint density at radius 1 is 1.35 bits per heavy atom. The lowest BCUT2D eigenvalue weighted by molar-refractivity contribution is -0.119. The number of carbonyl (C=O) groups is 1. The third-order valence-corrected chi connectivity index (χ3v) is 4.11. The monoisotopic (exact) mass is 274 g/mol. The third-order valence-electron chi connectivity index (χ3n) is 4.11. The first-order valence-corrected chi connectivity index (χ1v) is 7.52. The molecule has 0 aromatic heterocycles. The number of rotatable bonds is 5. The molecule has 1 unspecified atom stereocenters. The Hall–Kier alpha value is -1.76. The summed E-state index contributed by atoms with van der Waals surface area (Å²) in [6.07, 6.45) is 7.71. The van der Waals surface area contributed by atoms with Crippen LogP contribution in [-0.2, 0) is 9.53 Å². The first kappa shape index (κ1) is 14.6. The maximum absolute atomic E-state index is 11.9. The Balaban J connectivity index is 2.19. The van der Waals surface area contributed by atoms with Crippen molar-refractivity contribution in [1.29, 1.82) is 5.26 Å². The highest BCUT2D eigenvalue weighted by Crippen LogP contribution is 2.40. The zero-order valence-corrected chi connectivity index (χ0v) is 12.1. The normalized spacial score (nSPS) is 22.4. The van der Waals surface area contributed by atoms with E-state index < -0.39 is 0 Å². The van der Waals surface area contributed by atoms with E-state index >= 15 is 0 Å². The van der Waals surface area contributed by atoms with Gasteiger partial charge < -0.3 is 10.5 Å². The van der Waals surface area contributed by atoms with E-state index in [1.807, 2.05) is 0 Å². The van der Waals surface area contributed by atoms with Gasteiger partial charge in [0.2, 0.25) is 5.88 Å². The molecule has 2 rings (SSSR count). The quantitative estimate of drug-likeness (QED) is 0.780. The van der Waals surface area contributed by atoms with Crippen molar-refractivity contribution in [2.24, 2.45) is 11.7 Å². The number of ketones is 1. The molecule has 1 aliphatic carbocycles. The zero-order chi connectivity index (χ0) is 14.5. The molecule has 1 aliphatic heterocycles. The van der Waals surface area contributed by atoms with Crippen LogP contribution in [0.3, 0.4) is 0 Å². The highest BCUT2D eigenvalue weighted by molar-refractivity contribution is 5.95. The second-order valence-corrected chi connectivity index (χ2v) is 5.52. The topological polar surface area (TPSA) is 76.1 Å².